The van der Waals surface area contributed by atoms with Gasteiger partial charge in [0.05, 0.1) is 18.4 Å². The summed E-state index contributed by atoms with van der Waals surface area (Å²) in [4.78, 5) is 13.0. The van der Waals surface area contributed by atoms with Crippen molar-refractivity contribution in [3.8, 4) is 0 Å². The zero-order chi connectivity index (χ0) is 10.3. The van der Waals surface area contributed by atoms with E-state index in [0.29, 0.717) is 19.4 Å². The average molecular weight is 219 g/mol. The first-order valence-electron chi connectivity index (χ1n) is 4.65. The van der Waals surface area contributed by atoms with Gasteiger partial charge in [0.15, 0.2) is 0 Å². The summed E-state index contributed by atoms with van der Waals surface area (Å²) in [5, 5.41) is 0. The van der Waals surface area contributed by atoms with Crippen LogP contribution in [0.4, 0.5) is 0 Å². The number of carbonyl (C=O) groups excluding carboxylic acids is 1. The van der Waals surface area contributed by atoms with Crippen molar-refractivity contribution in [3.63, 3.8) is 0 Å². The van der Waals surface area contributed by atoms with E-state index in [-0.39, 0.29) is 18.1 Å². The van der Waals surface area contributed by atoms with Gasteiger partial charge in [-0.15, -0.1) is 0 Å². The molecule has 0 aromatic heterocycles. The molecule has 0 unspecified atom stereocenters. The quantitative estimate of drug-likeness (QED) is 0.599. The Hall–Kier alpha value is -0.620. The van der Waals surface area contributed by atoms with Crippen LogP contribution in [-0.4, -0.2) is 44.2 Å². The number of nitrogens with zero attached hydrogens (tertiary/aromatic N) is 1. The van der Waals surface area contributed by atoms with Crippen molar-refractivity contribution in [2.24, 2.45) is 0 Å². The summed E-state index contributed by atoms with van der Waals surface area (Å²) >= 11 is 0. The van der Waals surface area contributed by atoms with Gasteiger partial charge in [-0.3, -0.25) is 8.98 Å². The van der Waals surface area contributed by atoms with Gasteiger partial charge >= 0.3 is 0 Å². The monoisotopic (exact) mass is 219 g/mol. The summed E-state index contributed by atoms with van der Waals surface area (Å²) in [5.41, 5.74) is 0. The summed E-state index contributed by atoms with van der Waals surface area (Å²) in [5.74, 6) is 0.120. The molecule has 2 heterocycles. The van der Waals surface area contributed by atoms with Crippen LogP contribution in [0, 0.1) is 0 Å². The third-order valence-corrected chi connectivity index (χ3v) is 3.35. The molecule has 2 fully saturated rings. The molecule has 14 heavy (non-hydrogen) atoms. The van der Waals surface area contributed by atoms with E-state index in [0.717, 1.165) is 12.7 Å². The van der Waals surface area contributed by atoms with E-state index in [9.17, 15) is 13.2 Å². The van der Waals surface area contributed by atoms with Crippen LogP contribution in [0.2, 0.25) is 0 Å². The Morgan fingerprint density at radius 2 is 2.14 bits per heavy atom. The first kappa shape index (κ1) is 9.92. The Bertz CT molecular complexity index is 350. The molecule has 0 bridgehead atoms. The van der Waals surface area contributed by atoms with E-state index < -0.39 is 10.1 Å². The first-order chi connectivity index (χ1) is 6.47. The lowest BCUT2D eigenvalue weighted by molar-refractivity contribution is -0.128. The largest absolute Gasteiger partial charge is 0.337 e. The number of amides is 1. The lowest BCUT2D eigenvalue weighted by Gasteiger charge is -2.19. The van der Waals surface area contributed by atoms with Gasteiger partial charge in [-0.2, -0.15) is 8.42 Å². The van der Waals surface area contributed by atoms with Crippen LogP contribution < -0.4 is 0 Å². The van der Waals surface area contributed by atoms with Gasteiger partial charge in [-0.05, 0) is 12.8 Å². The van der Waals surface area contributed by atoms with Gasteiger partial charge in [-0.25, -0.2) is 0 Å². The number of rotatable bonds is 2. The Kier molecular flexibility index (Phi) is 2.27. The molecule has 2 saturated heterocycles. The first-order valence-corrected chi connectivity index (χ1v) is 6.47. The normalized spacial score (nSPS) is 32.4. The third-order valence-electron chi connectivity index (χ3n) is 2.76. The summed E-state index contributed by atoms with van der Waals surface area (Å²) in [6, 6.07) is -0.0165. The molecule has 0 aromatic carbocycles. The molecule has 2 atom stereocenters. The molecular weight excluding hydrogens is 206 g/mol. The van der Waals surface area contributed by atoms with Gasteiger partial charge in [0, 0.05) is 13.0 Å². The van der Waals surface area contributed by atoms with Crippen molar-refractivity contribution in [2.75, 3.05) is 12.8 Å². The zero-order valence-corrected chi connectivity index (χ0v) is 8.79. The van der Waals surface area contributed by atoms with Gasteiger partial charge in [0.25, 0.3) is 10.1 Å². The predicted molar refractivity (Wildman–Crippen MR) is 49.1 cm³/mol. The highest BCUT2D eigenvalue weighted by Crippen LogP contribution is 2.31. The van der Waals surface area contributed by atoms with Crippen LogP contribution in [0.25, 0.3) is 0 Å². The highest BCUT2D eigenvalue weighted by Gasteiger charge is 2.43. The summed E-state index contributed by atoms with van der Waals surface area (Å²) in [6.07, 6.45) is 2.60. The molecule has 1 amide bonds. The summed E-state index contributed by atoms with van der Waals surface area (Å²) in [6.45, 7) is 0.629. The molecule has 6 heteroatoms. The van der Waals surface area contributed by atoms with Gasteiger partial charge in [-0.1, -0.05) is 0 Å². The van der Waals surface area contributed by atoms with Crippen LogP contribution >= 0.6 is 0 Å². The second-order valence-electron chi connectivity index (χ2n) is 3.82. The fourth-order valence-electron chi connectivity index (χ4n) is 2.23. The molecule has 0 aliphatic carbocycles. The molecule has 0 spiro atoms. The molecule has 2 rings (SSSR count). The van der Waals surface area contributed by atoms with Crippen LogP contribution in [0.5, 0.6) is 0 Å². The maximum Gasteiger partial charge on any atom is 0.264 e. The molecular formula is C8H13NO4S. The lowest BCUT2D eigenvalue weighted by Crippen LogP contribution is -2.33. The number of carbonyl (C=O) groups is 1. The molecule has 5 nitrogen and oxygen atoms in total. The minimum absolute atomic E-state index is 0.0165. The molecule has 2 aliphatic rings. The minimum Gasteiger partial charge on any atom is -0.337 e. The minimum atomic E-state index is -3.40. The molecule has 0 aromatic rings. The molecule has 80 valence electrons. The van der Waals surface area contributed by atoms with E-state index in [1.165, 1.54) is 0 Å². The van der Waals surface area contributed by atoms with Crippen LogP contribution in [0.3, 0.4) is 0 Å². The highest BCUT2D eigenvalue weighted by molar-refractivity contribution is 7.86. The molecule has 0 saturated carbocycles. The zero-order valence-electron chi connectivity index (χ0n) is 7.97. The standard InChI is InChI=1S/C8H13NO4S/c1-14(11,12)13-7-4-5-9-6(7)2-3-8(9)10/h6-7H,2-5H2,1H3/t6-,7-/m0/s1. The highest BCUT2D eigenvalue weighted by atomic mass is 32.2. The van der Waals surface area contributed by atoms with E-state index in [4.69, 9.17) is 4.18 Å². The second-order valence-corrected chi connectivity index (χ2v) is 5.42. The van der Waals surface area contributed by atoms with Crippen LogP contribution in [0.1, 0.15) is 19.3 Å². The summed E-state index contributed by atoms with van der Waals surface area (Å²) < 4.78 is 26.8. The maximum absolute atomic E-state index is 11.3. The average Bonchev–Trinajstić information content (AvgIpc) is 2.55. The SMILES string of the molecule is CS(=O)(=O)O[C@H]1CCN2C(=O)CC[C@@H]12. The number of hydrogen-bond donors (Lipinski definition) is 0. The van der Waals surface area contributed by atoms with Crippen molar-refractivity contribution in [3.05, 3.63) is 0 Å². The van der Waals surface area contributed by atoms with Crippen molar-refractivity contribution in [2.45, 2.75) is 31.4 Å². The Morgan fingerprint density at radius 1 is 1.43 bits per heavy atom. The van der Waals surface area contributed by atoms with E-state index >= 15 is 0 Å². The van der Waals surface area contributed by atoms with E-state index in [1.54, 1.807) is 4.90 Å². The van der Waals surface area contributed by atoms with E-state index in [1.807, 2.05) is 0 Å². The summed E-state index contributed by atoms with van der Waals surface area (Å²) in [7, 11) is -3.40. The Balaban J connectivity index is 2.07. The fraction of sp³-hybridized carbons (Fsp3) is 0.875. The van der Waals surface area contributed by atoms with Gasteiger partial charge in [0.2, 0.25) is 5.91 Å². The number of fused-ring (bicyclic) bond motifs is 1. The van der Waals surface area contributed by atoms with Crippen molar-refractivity contribution in [1.82, 2.24) is 4.90 Å². The lowest BCUT2D eigenvalue weighted by atomic mass is 10.1. The van der Waals surface area contributed by atoms with Crippen molar-refractivity contribution in [1.29, 1.82) is 0 Å². The van der Waals surface area contributed by atoms with Crippen molar-refractivity contribution < 1.29 is 17.4 Å². The Labute approximate surface area is 83.2 Å². The number of hydrogen-bond acceptors (Lipinski definition) is 4. The fourth-order valence-corrected chi connectivity index (χ4v) is 2.90. The van der Waals surface area contributed by atoms with Crippen LogP contribution in [-0.2, 0) is 19.1 Å². The Morgan fingerprint density at radius 3 is 2.79 bits per heavy atom. The van der Waals surface area contributed by atoms with Gasteiger partial charge in [0.1, 0.15) is 0 Å². The molecule has 0 radical (unpaired) electrons. The molecule has 0 N–H and O–H groups in total. The maximum atomic E-state index is 11.3. The van der Waals surface area contributed by atoms with Crippen LogP contribution in [0.15, 0.2) is 0 Å². The predicted octanol–water partition coefficient (Wildman–Crippen LogP) is -0.274. The third kappa shape index (κ3) is 1.76. The molecule has 2 aliphatic heterocycles. The van der Waals surface area contributed by atoms with Gasteiger partial charge < -0.3 is 4.90 Å². The van der Waals surface area contributed by atoms with E-state index in [2.05, 4.69) is 0 Å². The second kappa shape index (κ2) is 3.20. The van der Waals surface area contributed by atoms with Crippen molar-refractivity contribution >= 4 is 16.0 Å². The topological polar surface area (TPSA) is 63.7 Å². The smallest absolute Gasteiger partial charge is 0.264 e.